The molecule has 3 saturated heterocycles. The van der Waals surface area contributed by atoms with Crippen LogP contribution in [0.2, 0.25) is 0 Å². The first-order valence-corrected chi connectivity index (χ1v) is 6.90. The van der Waals surface area contributed by atoms with Crippen molar-refractivity contribution in [1.82, 2.24) is 10.6 Å². The van der Waals surface area contributed by atoms with Crippen molar-refractivity contribution in [3.05, 3.63) is 0 Å². The van der Waals surface area contributed by atoms with Gasteiger partial charge in [-0.1, -0.05) is 0 Å². The lowest BCUT2D eigenvalue weighted by atomic mass is 9.87. The van der Waals surface area contributed by atoms with Gasteiger partial charge in [-0.25, -0.2) is 0 Å². The predicted molar refractivity (Wildman–Crippen MR) is 66.2 cm³/mol. The molecule has 4 nitrogen and oxygen atoms in total. The van der Waals surface area contributed by atoms with Crippen molar-refractivity contribution >= 4 is 0 Å². The van der Waals surface area contributed by atoms with Gasteiger partial charge in [-0.15, -0.1) is 0 Å². The monoisotopic (exact) mass is 240 g/mol. The molecular formula is C13H24N2O2. The average molecular weight is 240 g/mol. The number of rotatable bonds is 2. The summed E-state index contributed by atoms with van der Waals surface area (Å²) in [5, 5.41) is 7.29. The third-order valence-corrected chi connectivity index (χ3v) is 4.48. The summed E-state index contributed by atoms with van der Waals surface area (Å²) in [7, 11) is 0. The molecule has 3 fully saturated rings. The van der Waals surface area contributed by atoms with Gasteiger partial charge in [-0.2, -0.15) is 0 Å². The summed E-state index contributed by atoms with van der Waals surface area (Å²) >= 11 is 0. The summed E-state index contributed by atoms with van der Waals surface area (Å²) in [5.41, 5.74) is 0.307. The van der Waals surface area contributed by atoms with E-state index in [0.29, 0.717) is 6.04 Å². The van der Waals surface area contributed by atoms with Crippen LogP contribution in [0.1, 0.15) is 32.6 Å². The van der Waals surface area contributed by atoms with Gasteiger partial charge >= 0.3 is 0 Å². The molecule has 0 saturated carbocycles. The van der Waals surface area contributed by atoms with Crippen LogP contribution in [-0.2, 0) is 9.47 Å². The summed E-state index contributed by atoms with van der Waals surface area (Å²) in [6.07, 6.45) is 4.55. The lowest BCUT2D eigenvalue weighted by Crippen LogP contribution is -2.55. The summed E-state index contributed by atoms with van der Waals surface area (Å²) < 4.78 is 11.5. The molecule has 0 amide bonds. The van der Waals surface area contributed by atoms with E-state index in [1.54, 1.807) is 0 Å². The molecule has 3 atom stereocenters. The second-order valence-corrected chi connectivity index (χ2v) is 6.16. The van der Waals surface area contributed by atoms with Gasteiger partial charge in [-0.05, 0) is 32.7 Å². The first-order chi connectivity index (χ1) is 8.20. The molecule has 3 unspecified atom stereocenters. The van der Waals surface area contributed by atoms with Gasteiger partial charge in [0.15, 0.2) is 0 Å². The number of ether oxygens (including phenoxy) is 2. The molecule has 4 heteroatoms. The summed E-state index contributed by atoms with van der Waals surface area (Å²) in [4.78, 5) is 0. The van der Waals surface area contributed by atoms with Gasteiger partial charge in [0, 0.05) is 37.8 Å². The SMILES string of the molecule is CC1(NC2CCOC3(CCOC3)C2)CCNC1. The maximum atomic E-state index is 5.97. The molecule has 3 rings (SSSR count). The third-order valence-electron chi connectivity index (χ3n) is 4.48. The molecule has 3 aliphatic rings. The molecule has 98 valence electrons. The first kappa shape index (κ1) is 11.9. The molecule has 0 aromatic heterocycles. The second-order valence-electron chi connectivity index (χ2n) is 6.16. The van der Waals surface area contributed by atoms with E-state index < -0.39 is 0 Å². The maximum absolute atomic E-state index is 5.97. The van der Waals surface area contributed by atoms with Gasteiger partial charge in [0.1, 0.15) is 0 Å². The van der Waals surface area contributed by atoms with Crippen LogP contribution < -0.4 is 10.6 Å². The minimum Gasteiger partial charge on any atom is -0.378 e. The summed E-state index contributed by atoms with van der Waals surface area (Å²) in [6.45, 7) is 7.10. The Labute approximate surface area is 103 Å². The van der Waals surface area contributed by atoms with E-state index in [0.717, 1.165) is 52.2 Å². The van der Waals surface area contributed by atoms with E-state index in [2.05, 4.69) is 17.6 Å². The highest BCUT2D eigenvalue weighted by Gasteiger charge is 2.42. The third kappa shape index (κ3) is 2.50. The van der Waals surface area contributed by atoms with Crippen LogP contribution in [0.15, 0.2) is 0 Å². The van der Waals surface area contributed by atoms with E-state index in [1.165, 1.54) is 6.42 Å². The molecule has 0 aromatic rings. The standard InChI is InChI=1S/C13H24N2O2/c1-12(3-5-14-9-12)15-11-2-6-17-13(8-11)4-7-16-10-13/h11,14-15H,2-10H2,1H3. The fourth-order valence-corrected chi connectivity index (χ4v) is 3.45. The molecule has 1 spiro atoms. The van der Waals surface area contributed by atoms with Crippen LogP contribution in [0.5, 0.6) is 0 Å². The lowest BCUT2D eigenvalue weighted by Gasteiger charge is -2.41. The number of nitrogens with one attached hydrogen (secondary N) is 2. The average Bonchev–Trinajstić information content (AvgIpc) is 2.89. The molecular weight excluding hydrogens is 216 g/mol. The van der Waals surface area contributed by atoms with E-state index in [9.17, 15) is 0 Å². The van der Waals surface area contributed by atoms with E-state index in [1.807, 2.05) is 0 Å². The second kappa shape index (κ2) is 4.50. The van der Waals surface area contributed by atoms with Crippen LogP contribution in [0.3, 0.4) is 0 Å². The smallest absolute Gasteiger partial charge is 0.0951 e. The molecule has 3 heterocycles. The Balaban J connectivity index is 1.60. The minimum atomic E-state index is 0.0261. The highest BCUT2D eigenvalue weighted by molar-refractivity contribution is 4.98. The quantitative estimate of drug-likeness (QED) is 0.744. The normalized spacial score (nSPS) is 46.8. The first-order valence-electron chi connectivity index (χ1n) is 6.90. The Hall–Kier alpha value is -0.160. The van der Waals surface area contributed by atoms with Crippen LogP contribution in [0.4, 0.5) is 0 Å². The lowest BCUT2D eigenvalue weighted by molar-refractivity contribution is -0.0917. The van der Waals surface area contributed by atoms with Crippen molar-refractivity contribution in [3.63, 3.8) is 0 Å². The van der Waals surface area contributed by atoms with Gasteiger partial charge in [0.05, 0.1) is 12.2 Å². The summed E-state index contributed by atoms with van der Waals surface area (Å²) in [6, 6.07) is 0.593. The highest BCUT2D eigenvalue weighted by Crippen LogP contribution is 2.33. The highest BCUT2D eigenvalue weighted by atomic mass is 16.6. The zero-order chi connectivity index (χ0) is 11.8. The fraction of sp³-hybridized carbons (Fsp3) is 1.00. The van der Waals surface area contributed by atoms with E-state index >= 15 is 0 Å². The molecule has 2 N–H and O–H groups in total. The Bertz CT molecular complexity index is 269. The van der Waals surface area contributed by atoms with Crippen molar-refractivity contribution in [1.29, 1.82) is 0 Å². The predicted octanol–water partition coefficient (Wildman–Crippen LogP) is 0.666. The largest absolute Gasteiger partial charge is 0.378 e. The van der Waals surface area contributed by atoms with Crippen LogP contribution in [-0.4, -0.2) is 50.1 Å². The fourth-order valence-electron chi connectivity index (χ4n) is 3.45. The summed E-state index contributed by atoms with van der Waals surface area (Å²) in [5.74, 6) is 0. The molecule has 3 aliphatic heterocycles. The zero-order valence-electron chi connectivity index (χ0n) is 10.8. The van der Waals surface area contributed by atoms with Crippen molar-refractivity contribution < 1.29 is 9.47 Å². The van der Waals surface area contributed by atoms with Crippen molar-refractivity contribution in [2.45, 2.75) is 49.8 Å². The van der Waals surface area contributed by atoms with Gasteiger partial charge in [0.25, 0.3) is 0 Å². The van der Waals surface area contributed by atoms with Crippen LogP contribution in [0.25, 0.3) is 0 Å². The van der Waals surface area contributed by atoms with Crippen molar-refractivity contribution in [2.24, 2.45) is 0 Å². The van der Waals surface area contributed by atoms with Crippen LogP contribution in [0, 0.1) is 0 Å². The number of hydrogen-bond acceptors (Lipinski definition) is 4. The maximum Gasteiger partial charge on any atom is 0.0951 e. The molecule has 0 radical (unpaired) electrons. The van der Waals surface area contributed by atoms with Gasteiger partial charge < -0.3 is 20.1 Å². The van der Waals surface area contributed by atoms with Gasteiger partial charge in [0.2, 0.25) is 0 Å². The topological polar surface area (TPSA) is 42.5 Å². The Morgan fingerprint density at radius 3 is 2.94 bits per heavy atom. The Morgan fingerprint density at radius 2 is 2.24 bits per heavy atom. The van der Waals surface area contributed by atoms with Gasteiger partial charge in [-0.3, -0.25) is 0 Å². The molecule has 0 aliphatic carbocycles. The van der Waals surface area contributed by atoms with Crippen molar-refractivity contribution in [3.8, 4) is 0 Å². The molecule has 0 bridgehead atoms. The van der Waals surface area contributed by atoms with Crippen LogP contribution >= 0.6 is 0 Å². The van der Waals surface area contributed by atoms with E-state index in [-0.39, 0.29) is 11.1 Å². The molecule has 17 heavy (non-hydrogen) atoms. The Morgan fingerprint density at radius 1 is 1.29 bits per heavy atom. The minimum absolute atomic E-state index is 0.0261. The van der Waals surface area contributed by atoms with Crippen molar-refractivity contribution in [2.75, 3.05) is 32.9 Å². The number of hydrogen-bond donors (Lipinski definition) is 2. The Kier molecular flexibility index (Phi) is 3.15. The van der Waals surface area contributed by atoms with E-state index in [4.69, 9.17) is 9.47 Å². The zero-order valence-corrected chi connectivity index (χ0v) is 10.8. The molecule has 0 aromatic carbocycles.